The first-order valence-corrected chi connectivity index (χ1v) is 13.0. The molecular weight excluding hydrogens is 366 g/mol. The Kier molecular flexibility index (Phi) is 5.22. The second kappa shape index (κ2) is 7.52. The van der Waals surface area contributed by atoms with E-state index in [4.69, 9.17) is 0 Å². The van der Waals surface area contributed by atoms with Crippen LogP contribution < -0.4 is 0 Å². The second-order valence-corrected chi connectivity index (χ2v) is 12.1. The summed E-state index contributed by atoms with van der Waals surface area (Å²) in [6.07, 6.45) is 18.7. The summed E-state index contributed by atoms with van der Waals surface area (Å²) in [6.45, 7) is 11.3. The van der Waals surface area contributed by atoms with Crippen molar-refractivity contribution in [3.8, 4) is 0 Å². The predicted octanol–water partition coefficient (Wildman–Crippen LogP) is 6.91. The highest BCUT2D eigenvalue weighted by Crippen LogP contribution is 2.67. The van der Waals surface area contributed by atoms with Gasteiger partial charge in [0, 0.05) is 19.0 Å². The van der Waals surface area contributed by atoms with Gasteiger partial charge in [-0.2, -0.15) is 0 Å². The number of nitrogens with zero attached hydrogens (tertiary/aromatic N) is 1. The monoisotopic (exact) mass is 409 g/mol. The van der Waals surface area contributed by atoms with Crippen molar-refractivity contribution < 1.29 is 4.79 Å². The molecule has 0 aromatic carbocycles. The van der Waals surface area contributed by atoms with Gasteiger partial charge in [0.2, 0.25) is 0 Å². The van der Waals surface area contributed by atoms with Crippen LogP contribution in [0.1, 0.15) is 98.3 Å². The van der Waals surface area contributed by atoms with E-state index in [-0.39, 0.29) is 0 Å². The average Bonchev–Trinajstić information content (AvgIpc) is 3.07. The summed E-state index contributed by atoms with van der Waals surface area (Å²) in [7, 11) is 0. The van der Waals surface area contributed by atoms with Crippen LogP contribution in [0.3, 0.4) is 0 Å². The molecule has 2 heteroatoms. The molecule has 0 spiro atoms. The molecule has 0 unspecified atom stereocenters. The van der Waals surface area contributed by atoms with Crippen LogP contribution in [0.4, 0.5) is 0 Å². The topological polar surface area (TPSA) is 20.3 Å². The quantitative estimate of drug-likeness (QED) is 0.494. The molecule has 0 aromatic heterocycles. The molecule has 7 atom stereocenters. The van der Waals surface area contributed by atoms with Crippen LogP contribution in [0, 0.1) is 34.5 Å². The molecule has 0 bridgehead atoms. The molecule has 0 amide bonds. The number of allylic oxidation sites excluding steroid dienone is 2. The van der Waals surface area contributed by atoms with Gasteiger partial charge in [0.15, 0.2) is 5.78 Å². The maximum atomic E-state index is 12.1. The van der Waals surface area contributed by atoms with E-state index in [0.717, 1.165) is 36.5 Å². The number of ketones is 1. The van der Waals surface area contributed by atoms with Crippen molar-refractivity contribution in [2.24, 2.45) is 34.5 Å². The lowest BCUT2D eigenvalue weighted by atomic mass is 9.46. The van der Waals surface area contributed by atoms with Crippen molar-refractivity contribution in [3.63, 3.8) is 0 Å². The molecule has 0 N–H and O–H groups in total. The van der Waals surface area contributed by atoms with E-state index in [9.17, 15) is 4.79 Å². The molecule has 30 heavy (non-hydrogen) atoms. The summed E-state index contributed by atoms with van der Waals surface area (Å²) in [6, 6.07) is 0.715. The lowest BCUT2D eigenvalue weighted by molar-refractivity contribution is -0.117. The lowest BCUT2D eigenvalue weighted by Crippen LogP contribution is -2.50. The van der Waals surface area contributed by atoms with Crippen LogP contribution in [0.25, 0.3) is 0 Å². The van der Waals surface area contributed by atoms with E-state index in [1.54, 1.807) is 5.57 Å². The third-order valence-electron chi connectivity index (χ3n) is 10.7. The highest BCUT2D eigenvalue weighted by Gasteiger charge is 2.59. The van der Waals surface area contributed by atoms with E-state index in [2.05, 4.69) is 44.9 Å². The van der Waals surface area contributed by atoms with Gasteiger partial charge in [0.25, 0.3) is 0 Å². The summed E-state index contributed by atoms with van der Waals surface area (Å²) in [5.74, 6) is 3.74. The Morgan fingerprint density at radius 1 is 1.03 bits per heavy atom. The van der Waals surface area contributed by atoms with Gasteiger partial charge in [0.05, 0.1) is 0 Å². The molecule has 5 rings (SSSR count). The number of rotatable bonds is 2. The Balaban J connectivity index is 1.38. The maximum absolute atomic E-state index is 12.1. The fraction of sp³-hybridized carbons (Fsp3) is 0.821. The highest BCUT2D eigenvalue weighted by molar-refractivity contribution is 5.91. The van der Waals surface area contributed by atoms with Gasteiger partial charge in [-0.05, 0) is 125 Å². The summed E-state index contributed by atoms with van der Waals surface area (Å²) in [5, 5.41) is 0. The normalized spacial score (nSPS) is 46.7. The van der Waals surface area contributed by atoms with E-state index < -0.39 is 0 Å². The maximum Gasteiger partial charge on any atom is 0.155 e. The summed E-state index contributed by atoms with van der Waals surface area (Å²) >= 11 is 0. The molecule has 3 saturated carbocycles. The minimum absolute atomic E-state index is 0.310. The minimum atomic E-state index is 0.310. The zero-order valence-electron chi connectivity index (χ0n) is 19.9. The fourth-order valence-electron chi connectivity index (χ4n) is 8.97. The van der Waals surface area contributed by atoms with Crippen LogP contribution in [0.2, 0.25) is 0 Å². The van der Waals surface area contributed by atoms with Crippen LogP contribution in [-0.2, 0) is 4.79 Å². The number of hydrogen-bond donors (Lipinski definition) is 0. The van der Waals surface area contributed by atoms with Gasteiger partial charge < -0.3 is 4.90 Å². The highest BCUT2D eigenvalue weighted by atomic mass is 16.1. The van der Waals surface area contributed by atoms with Crippen molar-refractivity contribution in [1.29, 1.82) is 0 Å². The summed E-state index contributed by atoms with van der Waals surface area (Å²) < 4.78 is 0. The zero-order valence-corrected chi connectivity index (χ0v) is 19.9. The largest absolute Gasteiger partial charge is 0.375 e. The van der Waals surface area contributed by atoms with Crippen LogP contribution in [0.15, 0.2) is 23.4 Å². The predicted molar refractivity (Wildman–Crippen MR) is 124 cm³/mol. The van der Waals surface area contributed by atoms with Gasteiger partial charge in [-0.3, -0.25) is 4.79 Å². The molecule has 166 valence electrons. The van der Waals surface area contributed by atoms with Crippen LogP contribution >= 0.6 is 0 Å². The Labute approximate surface area is 184 Å². The van der Waals surface area contributed by atoms with Crippen LogP contribution in [0.5, 0.6) is 0 Å². The van der Waals surface area contributed by atoms with Gasteiger partial charge in [-0.1, -0.05) is 25.0 Å². The molecule has 1 aliphatic heterocycles. The summed E-state index contributed by atoms with van der Waals surface area (Å²) in [5.41, 5.74) is 3.97. The van der Waals surface area contributed by atoms with Gasteiger partial charge in [-0.25, -0.2) is 0 Å². The number of hydrogen-bond acceptors (Lipinski definition) is 2. The smallest absolute Gasteiger partial charge is 0.155 e. The van der Waals surface area contributed by atoms with E-state index in [0.29, 0.717) is 22.7 Å². The van der Waals surface area contributed by atoms with Gasteiger partial charge in [0.1, 0.15) is 0 Å². The number of carbonyl (C=O) groups excluding carboxylic acids is 1. The molecule has 5 aliphatic rings. The van der Waals surface area contributed by atoms with Gasteiger partial charge in [-0.15, -0.1) is 0 Å². The molecule has 0 aromatic rings. The van der Waals surface area contributed by atoms with Crippen molar-refractivity contribution >= 4 is 5.78 Å². The SMILES string of the molecule is C/C(=C\N1CCCC[C@H]1C)[C@H]1CC[C@H]2[C@@H]3CCC4=CC(=O)CC[C@]4(C)[C@H]3CC[C@]12C. The Morgan fingerprint density at radius 3 is 2.67 bits per heavy atom. The molecule has 4 fully saturated rings. The first kappa shape index (κ1) is 20.8. The molecule has 0 radical (unpaired) electrons. The molecule has 1 heterocycles. The molecular formula is C28H43NO. The second-order valence-electron chi connectivity index (χ2n) is 12.1. The molecule has 2 nitrogen and oxygen atoms in total. The van der Waals surface area contributed by atoms with Crippen molar-refractivity contribution in [1.82, 2.24) is 4.90 Å². The minimum Gasteiger partial charge on any atom is -0.375 e. The van der Waals surface area contributed by atoms with E-state index in [1.165, 1.54) is 69.9 Å². The van der Waals surface area contributed by atoms with Crippen molar-refractivity contribution in [2.75, 3.05) is 6.54 Å². The average molecular weight is 410 g/mol. The third kappa shape index (κ3) is 3.15. The van der Waals surface area contributed by atoms with Gasteiger partial charge >= 0.3 is 0 Å². The van der Waals surface area contributed by atoms with Crippen molar-refractivity contribution in [3.05, 3.63) is 23.4 Å². The fourth-order valence-corrected chi connectivity index (χ4v) is 8.97. The first-order valence-electron chi connectivity index (χ1n) is 13.0. The Bertz CT molecular complexity index is 765. The Hall–Kier alpha value is -1.05. The first-order chi connectivity index (χ1) is 14.3. The molecule has 4 aliphatic carbocycles. The summed E-state index contributed by atoms with van der Waals surface area (Å²) in [4.78, 5) is 14.7. The van der Waals surface area contributed by atoms with Crippen molar-refractivity contribution in [2.45, 2.75) is 104 Å². The number of piperidine rings is 1. The standard InChI is InChI=1S/C28H43NO/c1-19(18-29-16-6-5-7-20(29)2)24-10-11-25-23-9-8-21-17-22(30)12-14-27(21,3)26(23)13-15-28(24,25)4/h17-18,20,23-26H,5-16H2,1-4H3/b19-18+/t20-,23+,24-,25+,26+,27+,28-/m1/s1. The van der Waals surface area contributed by atoms with E-state index in [1.807, 2.05) is 0 Å². The third-order valence-corrected chi connectivity index (χ3v) is 10.7. The Morgan fingerprint density at radius 2 is 1.87 bits per heavy atom. The van der Waals surface area contributed by atoms with E-state index >= 15 is 0 Å². The zero-order chi connectivity index (χ0) is 21.1. The lowest BCUT2D eigenvalue weighted by Gasteiger charge is -2.58. The number of fused-ring (bicyclic) bond motifs is 5. The molecule has 1 saturated heterocycles. The van der Waals surface area contributed by atoms with Crippen LogP contribution in [-0.4, -0.2) is 23.3 Å². The number of likely N-dealkylation sites (tertiary alicyclic amines) is 1. The number of carbonyl (C=O) groups is 1.